The summed E-state index contributed by atoms with van der Waals surface area (Å²) in [5.74, 6) is 0.0882. The van der Waals surface area contributed by atoms with Crippen molar-refractivity contribution in [2.45, 2.75) is 50.3 Å². The minimum absolute atomic E-state index is 0.219. The van der Waals surface area contributed by atoms with Crippen LogP contribution in [-0.2, 0) is 6.42 Å². The van der Waals surface area contributed by atoms with Crippen LogP contribution in [0.3, 0.4) is 0 Å². The zero-order valence-electron chi connectivity index (χ0n) is 11.7. The molecule has 3 rings (SSSR count). The fourth-order valence-electron chi connectivity index (χ4n) is 3.86. The van der Waals surface area contributed by atoms with Gasteiger partial charge in [-0.25, -0.2) is 4.39 Å². The standard InChI is InChI=1S/C16H21BrFNO/c1-19-13-3-4-14(19)8-11(7-13)16(20)9-10-6-12(17)2-5-15(10)18/h2,5-6,11,13-14,16,20H,3-4,7-9H2,1H3. The fraction of sp³-hybridized carbons (Fsp3) is 0.625. The number of aliphatic hydroxyl groups is 1. The van der Waals surface area contributed by atoms with Crippen LogP contribution in [0, 0.1) is 11.7 Å². The molecule has 1 aromatic rings. The van der Waals surface area contributed by atoms with Crippen LogP contribution < -0.4 is 0 Å². The van der Waals surface area contributed by atoms with Gasteiger partial charge in [0.1, 0.15) is 5.82 Å². The zero-order chi connectivity index (χ0) is 14.3. The van der Waals surface area contributed by atoms with Crippen LogP contribution in [0.5, 0.6) is 0 Å². The normalized spacial score (nSPS) is 31.5. The van der Waals surface area contributed by atoms with E-state index in [1.807, 2.05) is 0 Å². The second kappa shape index (κ2) is 5.74. The molecular formula is C16H21BrFNO. The van der Waals surface area contributed by atoms with Crippen molar-refractivity contribution in [1.82, 2.24) is 4.90 Å². The summed E-state index contributed by atoms with van der Waals surface area (Å²) in [6.07, 6.45) is 4.56. The highest BCUT2D eigenvalue weighted by Crippen LogP contribution is 2.39. The number of rotatable bonds is 3. The van der Waals surface area contributed by atoms with Crippen LogP contribution in [0.2, 0.25) is 0 Å². The maximum absolute atomic E-state index is 13.8. The van der Waals surface area contributed by atoms with Gasteiger partial charge in [0.15, 0.2) is 0 Å². The van der Waals surface area contributed by atoms with E-state index in [1.165, 1.54) is 18.9 Å². The molecule has 2 aliphatic rings. The van der Waals surface area contributed by atoms with Crippen molar-refractivity contribution in [2.24, 2.45) is 5.92 Å². The van der Waals surface area contributed by atoms with Gasteiger partial charge in [0.25, 0.3) is 0 Å². The summed E-state index contributed by atoms with van der Waals surface area (Å²) in [6, 6.07) is 6.16. The maximum Gasteiger partial charge on any atom is 0.126 e. The van der Waals surface area contributed by atoms with Gasteiger partial charge >= 0.3 is 0 Å². The molecule has 4 heteroatoms. The quantitative estimate of drug-likeness (QED) is 0.911. The highest BCUT2D eigenvalue weighted by atomic mass is 79.9. The summed E-state index contributed by atoms with van der Waals surface area (Å²) in [4.78, 5) is 2.46. The first kappa shape index (κ1) is 14.5. The van der Waals surface area contributed by atoms with Gasteiger partial charge in [-0.3, -0.25) is 0 Å². The Bertz CT molecular complexity index is 481. The minimum atomic E-state index is -0.435. The lowest BCUT2D eigenvalue weighted by atomic mass is 9.84. The molecule has 20 heavy (non-hydrogen) atoms. The van der Waals surface area contributed by atoms with Gasteiger partial charge in [-0.1, -0.05) is 15.9 Å². The molecule has 2 aliphatic heterocycles. The Morgan fingerprint density at radius 2 is 2.00 bits per heavy atom. The average molecular weight is 342 g/mol. The summed E-state index contributed by atoms with van der Waals surface area (Å²) >= 11 is 3.36. The highest BCUT2D eigenvalue weighted by molar-refractivity contribution is 9.10. The Kier molecular flexibility index (Phi) is 4.16. The number of aliphatic hydroxyl groups excluding tert-OH is 1. The van der Waals surface area contributed by atoms with Gasteiger partial charge in [0, 0.05) is 23.0 Å². The molecule has 110 valence electrons. The number of fused-ring (bicyclic) bond motifs is 2. The van der Waals surface area contributed by atoms with E-state index in [4.69, 9.17) is 0 Å². The Morgan fingerprint density at radius 1 is 1.35 bits per heavy atom. The lowest BCUT2D eigenvalue weighted by molar-refractivity contribution is 0.0363. The molecule has 2 bridgehead atoms. The third-order valence-electron chi connectivity index (χ3n) is 5.12. The number of piperidine rings is 1. The SMILES string of the molecule is CN1C2CCC1CC(C(O)Cc1cc(Br)ccc1F)C2. The first-order valence-corrected chi connectivity index (χ1v) is 8.18. The van der Waals surface area contributed by atoms with Crippen LogP contribution in [-0.4, -0.2) is 35.2 Å². The predicted molar refractivity (Wildman–Crippen MR) is 81.1 cm³/mol. The number of hydrogen-bond acceptors (Lipinski definition) is 2. The van der Waals surface area contributed by atoms with Crippen molar-refractivity contribution in [1.29, 1.82) is 0 Å². The van der Waals surface area contributed by atoms with Crippen LogP contribution in [0.4, 0.5) is 4.39 Å². The van der Waals surface area contributed by atoms with E-state index in [-0.39, 0.29) is 5.82 Å². The van der Waals surface area contributed by atoms with Crippen molar-refractivity contribution in [2.75, 3.05) is 7.05 Å². The summed E-state index contributed by atoms with van der Waals surface area (Å²) in [5, 5.41) is 10.5. The smallest absolute Gasteiger partial charge is 0.126 e. The fourth-order valence-corrected chi connectivity index (χ4v) is 4.27. The monoisotopic (exact) mass is 341 g/mol. The number of halogens is 2. The van der Waals surface area contributed by atoms with Crippen LogP contribution >= 0.6 is 15.9 Å². The van der Waals surface area contributed by atoms with Crippen LogP contribution in [0.15, 0.2) is 22.7 Å². The Morgan fingerprint density at radius 3 is 2.65 bits per heavy atom. The molecule has 0 aromatic heterocycles. The van der Waals surface area contributed by atoms with E-state index in [0.29, 0.717) is 30.0 Å². The van der Waals surface area contributed by atoms with Gasteiger partial charge in [-0.2, -0.15) is 0 Å². The van der Waals surface area contributed by atoms with Gasteiger partial charge in [0.2, 0.25) is 0 Å². The van der Waals surface area contributed by atoms with E-state index in [1.54, 1.807) is 12.1 Å². The topological polar surface area (TPSA) is 23.5 Å². The molecule has 2 saturated heterocycles. The Balaban J connectivity index is 1.68. The molecule has 3 atom stereocenters. The molecule has 0 saturated carbocycles. The molecule has 0 aliphatic carbocycles. The van der Waals surface area contributed by atoms with Crippen molar-refractivity contribution in [3.8, 4) is 0 Å². The van der Waals surface area contributed by atoms with E-state index < -0.39 is 6.10 Å². The third-order valence-corrected chi connectivity index (χ3v) is 5.61. The van der Waals surface area contributed by atoms with Crippen LogP contribution in [0.25, 0.3) is 0 Å². The molecular weight excluding hydrogens is 321 g/mol. The molecule has 2 fully saturated rings. The Labute approximate surface area is 128 Å². The summed E-state index contributed by atoms with van der Waals surface area (Å²) in [5.41, 5.74) is 0.609. The molecule has 0 spiro atoms. The number of hydrogen-bond donors (Lipinski definition) is 1. The van der Waals surface area contributed by atoms with Crippen LogP contribution in [0.1, 0.15) is 31.2 Å². The lowest BCUT2D eigenvalue weighted by Gasteiger charge is -2.38. The van der Waals surface area contributed by atoms with Crippen molar-refractivity contribution < 1.29 is 9.50 Å². The Hall–Kier alpha value is -0.450. The molecule has 2 heterocycles. The van der Waals surface area contributed by atoms with E-state index >= 15 is 0 Å². The van der Waals surface area contributed by atoms with Crippen molar-refractivity contribution >= 4 is 15.9 Å². The minimum Gasteiger partial charge on any atom is -0.392 e. The van der Waals surface area contributed by atoms with E-state index in [2.05, 4.69) is 27.9 Å². The highest BCUT2D eigenvalue weighted by Gasteiger charge is 2.40. The molecule has 1 aromatic carbocycles. The summed E-state index contributed by atoms with van der Waals surface area (Å²) in [7, 11) is 2.19. The lowest BCUT2D eigenvalue weighted by Crippen LogP contribution is -2.43. The van der Waals surface area contributed by atoms with Crippen molar-refractivity contribution in [3.63, 3.8) is 0 Å². The van der Waals surface area contributed by atoms with Gasteiger partial charge in [0.05, 0.1) is 6.10 Å². The molecule has 1 N–H and O–H groups in total. The second-order valence-corrected chi connectivity index (χ2v) is 7.20. The van der Waals surface area contributed by atoms with Gasteiger partial charge < -0.3 is 10.0 Å². The molecule has 0 radical (unpaired) electrons. The molecule has 2 nitrogen and oxygen atoms in total. The number of benzene rings is 1. The summed E-state index contributed by atoms with van der Waals surface area (Å²) < 4.78 is 14.7. The van der Waals surface area contributed by atoms with Crippen molar-refractivity contribution in [3.05, 3.63) is 34.1 Å². The third kappa shape index (κ3) is 2.78. The van der Waals surface area contributed by atoms with E-state index in [9.17, 15) is 9.50 Å². The number of nitrogens with zero attached hydrogens (tertiary/aromatic N) is 1. The first-order chi connectivity index (χ1) is 9.54. The first-order valence-electron chi connectivity index (χ1n) is 7.38. The molecule has 3 unspecified atom stereocenters. The van der Waals surface area contributed by atoms with E-state index in [0.717, 1.165) is 17.3 Å². The summed E-state index contributed by atoms with van der Waals surface area (Å²) in [6.45, 7) is 0. The largest absolute Gasteiger partial charge is 0.392 e. The predicted octanol–water partition coefficient (Wildman–Crippen LogP) is 3.36. The second-order valence-electron chi connectivity index (χ2n) is 6.29. The van der Waals surface area contributed by atoms with Gasteiger partial charge in [-0.15, -0.1) is 0 Å². The average Bonchev–Trinajstić information content (AvgIpc) is 2.65. The van der Waals surface area contributed by atoms with Gasteiger partial charge in [-0.05, 0) is 62.4 Å². The maximum atomic E-state index is 13.8. The molecule has 0 amide bonds. The zero-order valence-corrected chi connectivity index (χ0v) is 13.3.